The van der Waals surface area contributed by atoms with Gasteiger partial charge < -0.3 is 9.80 Å². The maximum atomic E-state index is 5.31. The molecule has 1 aromatic heterocycles. The highest BCUT2D eigenvalue weighted by Gasteiger charge is 2.28. The molecule has 0 radical (unpaired) electrons. The van der Waals surface area contributed by atoms with Crippen LogP contribution in [0.25, 0.3) is 11.4 Å². The number of nitrogens with zero attached hydrogens (tertiary/aromatic N) is 4. The molecular weight excluding hydrogens is 428 g/mol. The Bertz CT molecular complexity index is 1200. The molecule has 1 saturated heterocycles. The summed E-state index contributed by atoms with van der Waals surface area (Å²) in [6.07, 6.45) is 3.42. The number of aromatic nitrogens is 2. The van der Waals surface area contributed by atoms with Gasteiger partial charge in [0.25, 0.3) is 0 Å². The van der Waals surface area contributed by atoms with E-state index in [0.29, 0.717) is 5.92 Å². The summed E-state index contributed by atoms with van der Waals surface area (Å²) in [6.45, 7) is 17.6. The predicted molar refractivity (Wildman–Crippen MR) is 148 cm³/mol. The smallest absolute Gasteiger partial charge is 0.162 e. The Labute approximate surface area is 211 Å². The van der Waals surface area contributed by atoms with Crippen molar-refractivity contribution in [1.29, 1.82) is 0 Å². The number of benzene rings is 2. The summed E-state index contributed by atoms with van der Waals surface area (Å²) in [5.41, 5.74) is 10.4. The quantitative estimate of drug-likeness (QED) is 0.413. The van der Waals surface area contributed by atoms with Crippen molar-refractivity contribution in [2.75, 3.05) is 29.4 Å². The number of rotatable bonds is 4. The third-order valence-corrected chi connectivity index (χ3v) is 8.07. The van der Waals surface area contributed by atoms with Crippen LogP contribution in [0.4, 0.5) is 11.5 Å². The van der Waals surface area contributed by atoms with Gasteiger partial charge in [-0.15, -0.1) is 0 Å². The molecule has 0 unspecified atom stereocenters. The Hall–Kier alpha value is -2.88. The van der Waals surface area contributed by atoms with Gasteiger partial charge >= 0.3 is 0 Å². The van der Waals surface area contributed by atoms with Gasteiger partial charge in [-0.3, -0.25) is 0 Å². The Balaban J connectivity index is 1.59. The number of anilines is 2. The van der Waals surface area contributed by atoms with Gasteiger partial charge in [0.1, 0.15) is 5.82 Å². The molecule has 0 bridgehead atoms. The minimum absolute atomic E-state index is 0.528. The average Bonchev–Trinajstić information content (AvgIpc) is 2.84. The van der Waals surface area contributed by atoms with E-state index < -0.39 is 0 Å². The fraction of sp³-hybridized carbons (Fsp3) is 0.484. The number of hydrogen-bond donors (Lipinski definition) is 0. The highest BCUT2D eigenvalue weighted by atomic mass is 15.2. The Kier molecular flexibility index (Phi) is 6.57. The van der Waals surface area contributed by atoms with E-state index in [4.69, 9.17) is 9.97 Å². The molecular formula is C31H40N4. The van der Waals surface area contributed by atoms with E-state index in [9.17, 15) is 0 Å². The SMILES string of the molecule is Cc1ccc(C(C)C)cc1N1CCc2nc(-c3c(C)cccc3C)nc(N3CCC(C)CC3)c2C1. The Morgan fingerprint density at radius 3 is 2.26 bits per heavy atom. The molecule has 4 heteroatoms. The van der Waals surface area contributed by atoms with Crippen molar-refractivity contribution >= 4 is 11.5 Å². The highest BCUT2D eigenvalue weighted by molar-refractivity contribution is 5.68. The zero-order valence-electron chi connectivity index (χ0n) is 22.4. The molecule has 0 atom stereocenters. The normalized spacial score (nSPS) is 16.7. The maximum Gasteiger partial charge on any atom is 0.162 e. The second kappa shape index (κ2) is 9.64. The van der Waals surface area contributed by atoms with E-state index in [-0.39, 0.29) is 0 Å². The molecule has 0 amide bonds. The lowest BCUT2D eigenvalue weighted by Gasteiger charge is -2.37. The molecule has 184 valence electrons. The standard InChI is InChI=1S/C31H40N4/c1-20(2)25-11-10-22(4)28(18-25)35-17-14-27-26(19-35)31(34-15-12-21(3)13-16-34)33-30(32-27)29-23(5)8-7-9-24(29)6/h7-11,18,20-21H,12-17,19H2,1-6H3. The van der Waals surface area contributed by atoms with Crippen LogP contribution in [0.5, 0.6) is 0 Å². The molecule has 3 heterocycles. The molecule has 5 rings (SSSR count). The van der Waals surface area contributed by atoms with E-state index in [1.54, 1.807) is 0 Å². The van der Waals surface area contributed by atoms with Gasteiger partial charge in [0.2, 0.25) is 0 Å². The third-order valence-electron chi connectivity index (χ3n) is 8.07. The van der Waals surface area contributed by atoms with Crippen LogP contribution in [0.1, 0.15) is 73.0 Å². The number of piperidine rings is 1. The monoisotopic (exact) mass is 468 g/mol. The van der Waals surface area contributed by atoms with Gasteiger partial charge in [-0.25, -0.2) is 9.97 Å². The van der Waals surface area contributed by atoms with E-state index in [2.05, 4.69) is 87.7 Å². The first-order chi connectivity index (χ1) is 16.8. The van der Waals surface area contributed by atoms with E-state index >= 15 is 0 Å². The summed E-state index contributed by atoms with van der Waals surface area (Å²) in [5.74, 6) is 3.39. The fourth-order valence-electron chi connectivity index (χ4n) is 5.69. The second-order valence-corrected chi connectivity index (χ2v) is 11.1. The van der Waals surface area contributed by atoms with Crippen LogP contribution >= 0.6 is 0 Å². The van der Waals surface area contributed by atoms with Crippen molar-refractivity contribution in [2.45, 2.75) is 73.3 Å². The average molecular weight is 469 g/mol. The van der Waals surface area contributed by atoms with Crippen molar-refractivity contribution in [2.24, 2.45) is 5.92 Å². The van der Waals surface area contributed by atoms with Crippen LogP contribution in [-0.4, -0.2) is 29.6 Å². The van der Waals surface area contributed by atoms with Crippen LogP contribution in [0.15, 0.2) is 36.4 Å². The molecule has 0 N–H and O–H groups in total. The molecule has 2 aliphatic rings. The summed E-state index contributed by atoms with van der Waals surface area (Å²) in [5, 5.41) is 0. The predicted octanol–water partition coefficient (Wildman–Crippen LogP) is 6.99. The Morgan fingerprint density at radius 2 is 1.57 bits per heavy atom. The lowest BCUT2D eigenvalue weighted by atomic mass is 9.96. The minimum atomic E-state index is 0.528. The summed E-state index contributed by atoms with van der Waals surface area (Å²) in [7, 11) is 0. The molecule has 1 fully saturated rings. The van der Waals surface area contributed by atoms with Gasteiger partial charge in [0.05, 0.1) is 5.69 Å². The first kappa shape index (κ1) is 23.8. The minimum Gasteiger partial charge on any atom is -0.366 e. The Morgan fingerprint density at radius 1 is 0.857 bits per heavy atom. The van der Waals surface area contributed by atoms with Gasteiger partial charge in [0, 0.05) is 49.4 Å². The molecule has 0 saturated carbocycles. The van der Waals surface area contributed by atoms with E-state index in [1.807, 2.05) is 0 Å². The van der Waals surface area contributed by atoms with E-state index in [0.717, 1.165) is 44.3 Å². The summed E-state index contributed by atoms with van der Waals surface area (Å²) in [4.78, 5) is 15.6. The number of aryl methyl sites for hydroxylation is 3. The van der Waals surface area contributed by atoms with E-state index in [1.165, 1.54) is 63.4 Å². The number of hydrogen-bond acceptors (Lipinski definition) is 4. The van der Waals surface area contributed by atoms with Crippen LogP contribution < -0.4 is 9.80 Å². The molecule has 35 heavy (non-hydrogen) atoms. The van der Waals surface area contributed by atoms with Crippen molar-refractivity contribution in [3.63, 3.8) is 0 Å². The highest BCUT2D eigenvalue weighted by Crippen LogP contribution is 2.36. The zero-order chi connectivity index (χ0) is 24.7. The molecule has 0 spiro atoms. The molecule has 0 aliphatic carbocycles. The lowest BCUT2D eigenvalue weighted by molar-refractivity contribution is 0.435. The first-order valence-electron chi connectivity index (χ1n) is 13.4. The van der Waals surface area contributed by atoms with Crippen LogP contribution in [0.2, 0.25) is 0 Å². The summed E-state index contributed by atoms with van der Waals surface area (Å²) in [6, 6.07) is 13.5. The number of fused-ring (bicyclic) bond motifs is 1. The second-order valence-electron chi connectivity index (χ2n) is 11.1. The molecule has 3 aromatic rings. The summed E-state index contributed by atoms with van der Waals surface area (Å²) >= 11 is 0. The third kappa shape index (κ3) is 4.68. The zero-order valence-corrected chi connectivity index (χ0v) is 22.4. The fourth-order valence-corrected chi connectivity index (χ4v) is 5.69. The van der Waals surface area contributed by atoms with Gasteiger partial charge in [-0.05, 0) is 73.8 Å². The summed E-state index contributed by atoms with van der Waals surface area (Å²) < 4.78 is 0. The van der Waals surface area contributed by atoms with Crippen molar-refractivity contribution in [1.82, 2.24) is 9.97 Å². The van der Waals surface area contributed by atoms with Crippen molar-refractivity contribution in [3.8, 4) is 11.4 Å². The largest absolute Gasteiger partial charge is 0.366 e. The van der Waals surface area contributed by atoms with Gasteiger partial charge in [-0.2, -0.15) is 0 Å². The maximum absolute atomic E-state index is 5.31. The van der Waals surface area contributed by atoms with Crippen LogP contribution in [0, 0.1) is 26.7 Å². The molecule has 2 aliphatic heterocycles. The van der Waals surface area contributed by atoms with Crippen LogP contribution in [-0.2, 0) is 13.0 Å². The first-order valence-corrected chi connectivity index (χ1v) is 13.4. The molecule has 2 aromatic carbocycles. The molecule has 4 nitrogen and oxygen atoms in total. The van der Waals surface area contributed by atoms with Gasteiger partial charge in [0.15, 0.2) is 5.82 Å². The van der Waals surface area contributed by atoms with Crippen LogP contribution in [0.3, 0.4) is 0 Å². The van der Waals surface area contributed by atoms with Crippen molar-refractivity contribution in [3.05, 3.63) is 69.9 Å². The van der Waals surface area contributed by atoms with Crippen molar-refractivity contribution < 1.29 is 0 Å². The van der Waals surface area contributed by atoms with Gasteiger partial charge in [-0.1, -0.05) is 51.1 Å². The topological polar surface area (TPSA) is 32.3 Å². The lowest BCUT2D eigenvalue weighted by Crippen LogP contribution is -2.38.